The van der Waals surface area contributed by atoms with Crippen LogP contribution in [0.2, 0.25) is 0 Å². The molecule has 3 fully saturated rings. The minimum Gasteiger partial charge on any atom is -0.453 e. The number of carbonyl (C=O) groups is 4. The number of aromatic nitrogens is 4. The Morgan fingerprint density at radius 3 is 1.73 bits per heavy atom. The summed E-state index contributed by atoms with van der Waals surface area (Å²) in [4.78, 5) is 71.0. The zero-order valence-corrected chi connectivity index (χ0v) is 34.0. The first-order valence-electron chi connectivity index (χ1n) is 20.2. The van der Waals surface area contributed by atoms with Crippen molar-refractivity contribution in [1.82, 2.24) is 40.4 Å². The Kier molecular flexibility index (Phi) is 10.2. The number of H-pyrrole nitrogens is 2. The van der Waals surface area contributed by atoms with E-state index in [9.17, 15) is 19.2 Å². The number of likely N-dealkylation sites (tertiary alicyclic amines) is 2. The summed E-state index contributed by atoms with van der Waals surface area (Å²) >= 11 is 0. The van der Waals surface area contributed by atoms with Crippen molar-refractivity contribution in [3.8, 4) is 33.6 Å². The predicted molar refractivity (Wildman–Crippen MR) is 213 cm³/mol. The maximum atomic E-state index is 16.5. The van der Waals surface area contributed by atoms with Gasteiger partial charge in [-0.2, -0.15) is 8.78 Å². The third-order valence-corrected chi connectivity index (χ3v) is 12.5. The summed E-state index contributed by atoms with van der Waals surface area (Å²) in [6, 6.07) is 7.70. The maximum Gasteiger partial charge on any atom is 0.407 e. The molecule has 1 spiro atoms. The molecule has 4 amide bonds. The largest absolute Gasteiger partial charge is 0.453 e. The van der Waals surface area contributed by atoms with Gasteiger partial charge in [0.1, 0.15) is 23.7 Å². The van der Waals surface area contributed by atoms with Crippen molar-refractivity contribution >= 4 is 24.0 Å². The van der Waals surface area contributed by atoms with Crippen LogP contribution in [0.4, 0.5) is 18.4 Å². The summed E-state index contributed by atoms with van der Waals surface area (Å²) in [6.45, 7) is 8.47. The minimum atomic E-state index is -3.30. The van der Waals surface area contributed by atoms with Crippen molar-refractivity contribution in [3.05, 3.63) is 71.6 Å². The van der Waals surface area contributed by atoms with Gasteiger partial charge in [-0.1, -0.05) is 52.0 Å². The van der Waals surface area contributed by atoms with Crippen LogP contribution in [0.25, 0.3) is 33.6 Å². The average molecular weight is 813 g/mol. The molecule has 4 heterocycles. The molecule has 4 aliphatic rings. The highest BCUT2D eigenvalue weighted by Crippen LogP contribution is 2.58. The predicted octanol–water partition coefficient (Wildman–Crippen LogP) is 7.07. The molecule has 4 aromatic rings. The average Bonchev–Trinajstić information content (AvgIpc) is 3.81. The lowest BCUT2D eigenvalue weighted by molar-refractivity contribution is -0.136. The van der Waals surface area contributed by atoms with E-state index < -0.39 is 30.2 Å². The van der Waals surface area contributed by atoms with Crippen LogP contribution in [0.1, 0.15) is 94.7 Å². The van der Waals surface area contributed by atoms with Gasteiger partial charge in [0, 0.05) is 35.3 Å². The number of benzene rings is 2. The molecule has 2 aliphatic heterocycles. The summed E-state index contributed by atoms with van der Waals surface area (Å²) in [5.74, 6) is -3.01. The highest BCUT2D eigenvalue weighted by atomic mass is 19.3. The smallest absolute Gasteiger partial charge is 0.407 e. The van der Waals surface area contributed by atoms with Gasteiger partial charge in [-0.05, 0) is 72.6 Å². The Labute approximate surface area is 340 Å². The lowest BCUT2D eigenvalue weighted by Crippen LogP contribution is -2.51. The molecule has 4 N–H and O–H groups in total. The topological polar surface area (TPSA) is 175 Å². The van der Waals surface area contributed by atoms with E-state index in [0.29, 0.717) is 64.8 Å². The van der Waals surface area contributed by atoms with Crippen molar-refractivity contribution < 1.29 is 37.4 Å². The van der Waals surface area contributed by atoms with Gasteiger partial charge < -0.3 is 39.9 Å². The van der Waals surface area contributed by atoms with Crippen LogP contribution in [0.5, 0.6) is 0 Å². The summed E-state index contributed by atoms with van der Waals surface area (Å²) in [5, 5.41) is 5.34. The number of nitrogens with one attached hydrogen (secondary N) is 4. The maximum absolute atomic E-state index is 16.5. The van der Waals surface area contributed by atoms with Crippen molar-refractivity contribution in [2.75, 3.05) is 27.3 Å². The van der Waals surface area contributed by atoms with Crippen molar-refractivity contribution in [1.29, 1.82) is 0 Å². The number of aromatic amines is 2. The number of alkyl halides is 2. The molecular weight excluding hydrogens is 763 g/mol. The Balaban J connectivity index is 1.02. The van der Waals surface area contributed by atoms with Gasteiger partial charge in [-0.3, -0.25) is 9.59 Å². The van der Waals surface area contributed by atoms with Crippen LogP contribution >= 0.6 is 0 Å². The molecule has 4 atom stereocenters. The molecule has 2 saturated heterocycles. The van der Waals surface area contributed by atoms with Crippen molar-refractivity contribution in [2.24, 2.45) is 17.3 Å². The number of rotatable bonds is 10. The molecule has 0 unspecified atom stereocenters. The summed E-state index contributed by atoms with van der Waals surface area (Å²) in [5.41, 5.74) is 2.81. The van der Waals surface area contributed by atoms with Gasteiger partial charge in [-0.25, -0.2) is 19.6 Å². The molecule has 8 rings (SSSR count). The third kappa shape index (κ3) is 7.20. The van der Waals surface area contributed by atoms with Crippen molar-refractivity contribution in [3.63, 3.8) is 0 Å². The van der Waals surface area contributed by atoms with E-state index in [2.05, 4.69) is 30.6 Å². The number of alkyl carbamates (subject to hydrolysis) is 2. The van der Waals surface area contributed by atoms with Crippen LogP contribution in [0.3, 0.4) is 0 Å². The van der Waals surface area contributed by atoms with Crippen LogP contribution in [-0.2, 0) is 25.0 Å². The monoisotopic (exact) mass is 812 g/mol. The first-order valence-corrected chi connectivity index (χ1v) is 20.2. The number of fused-ring (bicyclic) bond motifs is 3. The molecule has 0 radical (unpaired) electrons. The Morgan fingerprint density at radius 2 is 1.25 bits per heavy atom. The number of hydrogen-bond acceptors (Lipinski definition) is 8. The molecule has 14 nitrogen and oxygen atoms in total. The Hall–Kier alpha value is -5.80. The normalized spacial score (nSPS) is 20.7. The second-order valence-electron chi connectivity index (χ2n) is 17.1. The standard InChI is InChI=1S/C43H50F2N8O6/c1-22(2)34(50-40(56)58-5)38(54)52-15-7-8-32(52)36-46-19-30(48-36)24-9-11-26-27-12-10-25(17-29(27)43(44,45)28(26)16-24)31-20-47-37(49-31)33-18-42(13-14-42)21-53(33)39(55)35(23(3)4)51-41(57)59-6/h9-12,16-17,19-20,22-23,32-35H,7-8,13-15,18,21H2,1-6H3,(H,46,48)(H,47,49)(H,50,56)(H,51,57)/t32-,33-,34-,35-/m0/s1. The molecule has 0 bridgehead atoms. The quantitative estimate of drug-likeness (QED) is 0.132. The van der Waals surface area contributed by atoms with E-state index in [1.165, 1.54) is 26.4 Å². The molecule has 2 aromatic heterocycles. The van der Waals surface area contributed by atoms with Gasteiger partial charge in [0.05, 0.1) is 50.1 Å². The SMILES string of the molecule is COC(=O)N[C@H](C(=O)N1CCC[C@H]1c1ncc(-c2ccc3c(c2)C(F)(F)c2cc(-c4cnc([C@@H]5CC6(CC6)CN5C(=O)[C@@H](NC(=O)OC)C(C)C)[nH]4)ccc2-3)[nH]1)C(C)C. The summed E-state index contributed by atoms with van der Waals surface area (Å²) in [7, 11) is 2.51. The number of methoxy groups -OCH3 is 2. The summed E-state index contributed by atoms with van der Waals surface area (Å²) < 4.78 is 42.5. The zero-order valence-electron chi connectivity index (χ0n) is 34.0. The molecule has 312 valence electrons. The van der Waals surface area contributed by atoms with Crippen molar-refractivity contribution in [2.45, 2.75) is 89.9 Å². The fourth-order valence-corrected chi connectivity index (χ4v) is 9.01. The number of hydrogen-bond donors (Lipinski definition) is 4. The van der Waals surface area contributed by atoms with Gasteiger partial charge >= 0.3 is 12.2 Å². The van der Waals surface area contributed by atoms with Crippen LogP contribution < -0.4 is 10.6 Å². The molecule has 16 heteroatoms. The van der Waals surface area contributed by atoms with Crippen LogP contribution in [-0.4, -0.2) is 93.1 Å². The van der Waals surface area contributed by atoms with E-state index in [1.807, 2.05) is 27.7 Å². The first-order chi connectivity index (χ1) is 28.1. The number of ether oxygens (including phenoxy) is 2. The van der Waals surface area contributed by atoms with Crippen LogP contribution in [0, 0.1) is 17.3 Å². The molecule has 59 heavy (non-hydrogen) atoms. The lowest BCUT2D eigenvalue weighted by Gasteiger charge is -2.30. The van der Waals surface area contributed by atoms with Gasteiger partial charge in [0.2, 0.25) is 11.8 Å². The van der Waals surface area contributed by atoms with Gasteiger partial charge in [0.25, 0.3) is 5.92 Å². The van der Waals surface area contributed by atoms with Gasteiger partial charge in [-0.15, -0.1) is 0 Å². The molecule has 1 saturated carbocycles. The van der Waals surface area contributed by atoms with E-state index in [0.717, 1.165) is 25.7 Å². The van der Waals surface area contributed by atoms with E-state index in [1.54, 1.807) is 46.5 Å². The number of imidazole rings is 2. The Morgan fingerprint density at radius 1 is 0.763 bits per heavy atom. The van der Waals surface area contributed by atoms with Gasteiger partial charge in [0.15, 0.2) is 0 Å². The fourth-order valence-electron chi connectivity index (χ4n) is 9.01. The molecule has 2 aliphatic carbocycles. The minimum absolute atomic E-state index is 0.00950. The number of carbonyl (C=O) groups excluding carboxylic acids is 4. The van der Waals surface area contributed by atoms with E-state index >= 15 is 8.78 Å². The lowest BCUT2D eigenvalue weighted by atomic mass is 10.0. The first kappa shape index (κ1) is 40.0. The van der Waals surface area contributed by atoms with E-state index in [-0.39, 0.29) is 52.3 Å². The third-order valence-electron chi connectivity index (χ3n) is 12.5. The second kappa shape index (κ2) is 15.1. The number of nitrogens with zero attached hydrogens (tertiary/aromatic N) is 4. The highest BCUT2D eigenvalue weighted by molar-refractivity contribution is 5.88. The molecule has 2 aromatic carbocycles. The van der Waals surface area contributed by atoms with Crippen LogP contribution in [0.15, 0.2) is 48.8 Å². The van der Waals surface area contributed by atoms with E-state index in [4.69, 9.17) is 9.47 Å². The highest BCUT2D eigenvalue weighted by Gasteiger charge is 2.55. The second-order valence-corrected chi connectivity index (χ2v) is 17.1. The number of halogens is 2. The zero-order chi connectivity index (χ0) is 42.0. The Bertz CT molecular complexity index is 2300. The number of amides is 4. The molecular formula is C43H50F2N8O6. The fraction of sp³-hybridized carbons (Fsp3) is 0.488. The summed E-state index contributed by atoms with van der Waals surface area (Å²) in [6.07, 6.45) is 5.98.